The third-order valence-electron chi connectivity index (χ3n) is 1.41. The van der Waals surface area contributed by atoms with Crippen molar-refractivity contribution >= 4 is 5.69 Å². The van der Waals surface area contributed by atoms with Crippen LogP contribution in [0, 0.1) is 6.92 Å². The Morgan fingerprint density at radius 3 is 2.80 bits per heavy atom. The Morgan fingerprint density at radius 1 is 1.60 bits per heavy atom. The van der Waals surface area contributed by atoms with Crippen LogP contribution < -0.4 is 10.0 Å². The second-order valence-electron chi connectivity index (χ2n) is 2.17. The minimum atomic E-state index is 1.02. The Morgan fingerprint density at radius 2 is 2.30 bits per heavy atom. The van der Waals surface area contributed by atoms with Gasteiger partial charge in [0.1, 0.15) is 0 Å². The van der Waals surface area contributed by atoms with Gasteiger partial charge in [-0.3, -0.25) is 5.21 Å². The highest BCUT2D eigenvalue weighted by atomic mass is 16.5. The fraction of sp³-hybridized carbons (Fsp3) is 0.286. The van der Waals surface area contributed by atoms with Gasteiger partial charge in [0.05, 0.1) is 0 Å². The lowest BCUT2D eigenvalue weighted by atomic mass is 10.3. The monoisotopic (exact) mass is 139 g/mol. The van der Waals surface area contributed by atoms with E-state index in [2.05, 4.69) is 5.32 Å². The molecular weight excluding hydrogens is 128 g/mol. The number of hydrogen-bond acceptors (Lipinski definition) is 2. The van der Waals surface area contributed by atoms with Crippen molar-refractivity contribution in [2.45, 2.75) is 6.92 Å². The van der Waals surface area contributed by atoms with Crippen molar-refractivity contribution in [3.05, 3.63) is 24.0 Å². The Hall–Kier alpha value is -1.25. The maximum absolute atomic E-state index is 8.92. The highest BCUT2D eigenvalue weighted by Crippen LogP contribution is 2.08. The first-order valence-electron chi connectivity index (χ1n) is 3.13. The molecule has 3 nitrogen and oxygen atoms in total. The van der Waals surface area contributed by atoms with E-state index in [1.165, 1.54) is 0 Å². The van der Waals surface area contributed by atoms with Crippen LogP contribution in [0.3, 0.4) is 0 Å². The van der Waals surface area contributed by atoms with Crippen LogP contribution in [0.4, 0.5) is 5.69 Å². The number of nitrogens with one attached hydrogen (secondary N) is 1. The Kier molecular flexibility index (Phi) is 1.76. The molecule has 0 amide bonds. The average Bonchev–Trinajstić information content (AvgIpc) is 1.88. The molecule has 0 radical (unpaired) electrons. The molecule has 1 heterocycles. The Balaban J connectivity index is 3.07. The van der Waals surface area contributed by atoms with Gasteiger partial charge in [-0.2, -0.15) is 0 Å². The summed E-state index contributed by atoms with van der Waals surface area (Å²) < 4.78 is 1.04. The highest BCUT2D eigenvalue weighted by molar-refractivity contribution is 5.46. The second-order valence-corrected chi connectivity index (χ2v) is 2.17. The summed E-state index contributed by atoms with van der Waals surface area (Å²) in [6.45, 7) is 1.93. The molecule has 1 rings (SSSR count). The van der Waals surface area contributed by atoms with Gasteiger partial charge in [0.25, 0.3) is 0 Å². The van der Waals surface area contributed by atoms with Crippen molar-refractivity contribution in [2.24, 2.45) is 0 Å². The van der Waals surface area contributed by atoms with E-state index in [0.717, 1.165) is 16.0 Å². The first-order valence-corrected chi connectivity index (χ1v) is 3.13. The predicted molar refractivity (Wildman–Crippen MR) is 38.1 cm³/mol. The zero-order valence-corrected chi connectivity index (χ0v) is 6.13. The van der Waals surface area contributed by atoms with E-state index in [0.29, 0.717) is 0 Å². The first-order chi connectivity index (χ1) is 4.74. The molecule has 0 bridgehead atoms. The summed E-state index contributed by atoms with van der Waals surface area (Å²) >= 11 is 0. The molecule has 3 heteroatoms. The summed E-state index contributed by atoms with van der Waals surface area (Å²) in [5, 5.41) is 11.9. The number of aryl methyl sites for hydroxylation is 1. The lowest BCUT2D eigenvalue weighted by Gasteiger charge is -1.98. The number of pyridine rings is 1. The lowest BCUT2D eigenvalue weighted by Crippen LogP contribution is -2.28. The summed E-state index contributed by atoms with van der Waals surface area (Å²) in [5.74, 6) is 0. The maximum Gasteiger partial charge on any atom is 0.227 e. The molecule has 0 spiro atoms. The van der Waals surface area contributed by atoms with Crippen LogP contribution in [0.1, 0.15) is 5.56 Å². The topological polar surface area (TPSA) is 36.1 Å². The molecule has 2 N–H and O–H groups in total. The standard InChI is InChI=1S/C7H10N2O/c1-6-5-9(10)4-3-7(6)8-2/h3-5,10H,1-2H3/p+1. The lowest BCUT2D eigenvalue weighted by molar-refractivity contribution is -0.905. The summed E-state index contributed by atoms with van der Waals surface area (Å²) in [6.07, 6.45) is 3.23. The van der Waals surface area contributed by atoms with E-state index in [1.54, 1.807) is 12.4 Å². The number of rotatable bonds is 1. The van der Waals surface area contributed by atoms with Crippen molar-refractivity contribution in [1.29, 1.82) is 0 Å². The molecular formula is C7H11N2O+. The van der Waals surface area contributed by atoms with E-state index >= 15 is 0 Å². The maximum atomic E-state index is 8.92. The highest BCUT2D eigenvalue weighted by Gasteiger charge is 2.00. The van der Waals surface area contributed by atoms with E-state index in [-0.39, 0.29) is 0 Å². The van der Waals surface area contributed by atoms with Crippen LogP contribution in [0.15, 0.2) is 18.5 Å². The second kappa shape index (κ2) is 2.56. The normalized spacial score (nSPS) is 9.40. The molecule has 0 fully saturated rings. The van der Waals surface area contributed by atoms with Crippen LogP contribution in [0.5, 0.6) is 0 Å². The molecule has 10 heavy (non-hydrogen) atoms. The molecule has 0 aliphatic heterocycles. The van der Waals surface area contributed by atoms with Gasteiger partial charge in [-0.1, -0.05) is 0 Å². The zero-order chi connectivity index (χ0) is 7.56. The van der Waals surface area contributed by atoms with Crippen molar-refractivity contribution < 1.29 is 9.94 Å². The number of aromatic nitrogens is 1. The van der Waals surface area contributed by atoms with Gasteiger partial charge in [0.2, 0.25) is 12.4 Å². The van der Waals surface area contributed by atoms with E-state index < -0.39 is 0 Å². The minimum absolute atomic E-state index is 1.02. The van der Waals surface area contributed by atoms with E-state index in [1.807, 2.05) is 20.0 Å². The van der Waals surface area contributed by atoms with Gasteiger partial charge in [-0.05, 0) is 6.92 Å². The molecule has 1 aromatic rings. The van der Waals surface area contributed by atoms with Gasteiger partial charge in [0, 0.05) is 29.1 Å². The van der Waals surface area contributed by atoms with Crippen molar-refractivity contribution in [3.8, 4) is 0 Å². The third kappa shape index (κ3) is 1.18. The van der Waals surface area contributed by atoms with E-state index in [4.69, 9.17) is 5.21 Å². The fourth-order valence-corrected chi connectivity index (χ4v) is 0.874. The van der Waals surface area contributed by atoms with Crippen LogP contribution in [0.2, 0.25) is 0 Å². The molecule has 54 valence electrons. The van der Waals surface area contributed by atoms with Gasteiger partial charge < -0.3 is 5.32 Å². The zero-order valence-electron chi connectivity index (χ0n) is 6.13. The van der Waals surface area contributed by atoms with Crippen LogP contribution in [-0.2, 0) is 0 Å². The predicted octanol–water partition coefficient (Wildman–Crippen LogP) is 0.562. The van der Waals surface area contributed by atoms with Gasteiger partial charge in [-0.25, -0.2) is 0 Å². The first kappa shape index (κ1) is 6.86. The molecule has 0 saturated heterocycles. The van der Waals surface area contributed by atoms with Crippen LogP contribution in [-0.4, -0.2) is 12.3 Å². The summed E-state index contributed by atoms with van der Waals surface area (Å²) in [4.78, 5) is 0. The Labute approximate surface area is 59.9 Å². The summed E-state index contributed by atoms with van der Waals surface area (Å²) in [6, 6.07) is 1.81. The smallest absolute Gasteiger partial charge is 0.227 e. The molecule has 0 unspecified atom stereocenters. The average molecular weight is 139 g/mol. The molecule has 0 aromatic carbocycles. The quantitative estimate of drug-likeness (QED) is 0.440. The van der Waals surface area contributed by atoms with Gasteiger partial charge >= 0.3 is 0 Å². The molecule has 0 saturated carbocycles. The number of nitrogens with zero attached hydrogens (tertiary/aromatic N) is 1. The fourth-order valence-electron chi connectivity index (χ4n) is 0.874. The van der Waals surface area contributed by atoms with Crippen LogP contribution in [0.25, 0.3) is 0 Å². The van der Waals surface area contributed by atoms with Crippen molar-refractivity contribution in [2.75, 3.05) is 12.4 Å². The van der Waals surface area contributed by atoms with Crippen LogP contribution >= 0.6 is 0 Å². The Bertz CT molecular complexity index is 235. The van der Waals surface area contributed by atoms with Crippen molar-refractivity contribution in [3.63, 3.8) is 0 Å². The minimum Gasteiger partial charge on any atom is -0.388 e. The number of hydrogen-bond donors (Lipinski definition) is 2. The molecule has 0 aliphatic rings. The van der Waals surface area contributed by atoms with Gasteiger partial charge in [0.15, 0.2) is 0 Å². The number of anilines is 1. The molecule has 0 atom stereocenters. The van der Waals surface area contributed by atoms with Gasteiger partial charge in [-0.15, -0.1) is 0 Å². The summed E-state index contributed by atoms with van der Waals surface area (Å²) in [7, 11) is 1.85. The largest absolute Gasteiger partial charge is 0.388 e. The van der Waals surface area contributed by atoms with Crippen molar-refractivity contribution in [1.82, 2.24) is 0 Å². The molecule has 1 aromatic heterocycles. The molecule has 0 aliphatic carbocycles. The van der Waals surface area contributed by atoms with E-state index in [9.17, 15) is 0 Å². The SMILES string of the molecule is CNc1cc[n+](O)cc1C. The third-order valence-corrected chi connectivity index (χ3v) is 1.41. The summed E-state index contributed by atoms with van der Waals surface area (Å²) in [5.41, 5.74) is 2.05.